The number of benzene rings is 2. The lowest BCUT2D eigenvalue weighted by Crippen LogP contribution is -2.22. The number of imidazole rings is 1. The lowest BCUT2D eigenvalue weighted by Gasteiger charge is -2.01. The Morgan fingerprint density at radius 1 is 1.21 bits per heavy atom. The lowest BCUT2D eigenvalue weighted by atomic mass is 10.2. The maximum atomic E-state index is 13.0. The number of nitrogens with zero attached hydrogens (tertiary/aromatic N) is 1. The van der Waals surface area contributed by atoms with Gasteiger partial charge >= 0.3 is 0 Å². The van der Waals surface area contributed by atoms with Crippen molar-refractivity contribution in [1.29, 1.82) is 0 Å². The molecule has 0 saturated heterocycles. The molecule has 0 aliphatic rings. The van der Waals surface area contributed by atoms with Crippen LogP contribution in [0.15, 0.2) is 54.6 Å². The summed E-state index contributed by atoms with van der Waals surface area (Å²) in [6.07, 6.45) is 4.57. The van der Waals surface area contributed by atoms with Gasteiger partial charge in [-0.15, -0.1) is 0 Å². The quantitative estimate of drug-likeness (QED) is 0.539. The van der Waals surface area contributed by atoms with Crippen molar-refractivity contribution in [3.63, 3.8) is 0 Å². The van der Waals surface area contributed by atoms with Crippen LogP contribution in [0.4, 0.5) is 4.39 Å². The molecule has 0 fully saturated rings. The van der Waals surface area contributed by atoms with Gasteiger partial charge in [-0.05, 0) is 42.3 Å². The molecule has 3 rings (SSSR count). The van der Waals surface area contributed by atoms with Gasteiger partial charge in [-0.3, -0.25) is 4.79 Å². The summed E-state index contributed by atoms with van der Waals surface area (Å²) in [4.78, 5) is 19.5. The average molecular weight is 323 g/mol. The maximum absolute atomic E-state index is 13.0. The number of carbonyl (C=O) groups is 1. The number of para-hydroxylation sites is 2. The first-order valence-corrected chi connectivity index (χ1v) is 7.86. The third-order valence-corrected chi connectivity index (χ3v) is 3.60. The Balaban J connectivity index is 1.43. The zero-order valence-corrected chi connectivity index (χ0v) is 13.1. The predicted octanol–water partition coefficient (Wildman–Crippen LogP) is 3.46. The van der Waals surface area contributed by atoms with Crippen LogP contribution in [0.2, 0.25) is 0 Å². The minimum Gasteiger partial charge on any atom is -0.353 e. The van der Waals surface area contributed by atoms with Crippen molar-refractivity contribution in [2.24, 2.45) is 0 Å². The third kappa shape index (κ3) is 4.29. The molecule has 0 unspecified atom stereocenters. The second-order valence-electron chi connectivity index (χ2n) is 5.48. The summed E-state index contributed by atoms with van der Waals surface area (Å²) in [6.45, 7) is 0.559. The van der Waals surface area contributed by atoms with Gasteiger partial charge in [0.25, 0.3) is 0 Å². The zero-order valence-electron chi connectivity index (χ0n) is 13.1. The summed E-state index contributed by atoms with van der Waals surface area (Å²) < 4.78 is 13.0. The van der Waals surface area contributed by atoms with E-state index in [1.165, 1.54) is 18.2 Å². The molecule has 0 spiro atoms. The van der Waals surface area contributed by atoms with Crippen molar-refractivity contribution in [3.8, 4) is 0 Å². The maximum Gasteiger partial charge on any atom is 0.243 e. The molecule has 4 nitrogen and oxygen atoms in total. The van der Waals surface area contributed by atoms with Gasteiger partial charge in [0.1, 0.15) is 11.6 Å². The highest BCUT2D eigenvalue weighted by Crippen LogP contribution is 2.11. The smallest absolute Gasteiger partial charge is 0.243 e. The summed E-state index contributed by atoms with van der Waals surface area (Å²) >= 11 is 0. The third-order valence-electron chi connectivity index (χ3n) is 3.60. The largest absolute Gasteiger partial charge is 0.353 e. The van der Waals surface area contributed by atoms with Gasteiger partial charge < -0.3 is 10.3 Å². The van der Waals surface area contributed by atoms with Crippen LogP contribution < -0.4 is 5.32 Å². The van der Waals surface area contributed by atoms with Crippen molar-refractivity contribution in [2.45, 2.75) is 12.8 Å². The minimum atomic E-state index is -0.316. The summed E-state index contributed by atoms with van der Waals surface area (Å²) in [6, 6.07) is 14.0. The topological polar surface area (TPSA) is 57.8 Å². The van der Waals surface area contributed by atoms with Gasteiger partial charge in [-0.1, -0.05) is 24.3 Å². The molecule has 1 heterocycles. The predicted molar refractivity (Wildman–Crippen MR) is 92.9 cm³/mol. The highest BCUT2D eigenvalue weighted by molar-refractivity contribution is 5.91. The second-order valence-corrected chi connectivity index (χ2v) is 5.48. The summed E-state index contributed by atoms with van der Waals surface area (Å²) in [5.74, 6) is 0.410. The number of aromatic nitrogens is 2. The van der Waals surface area contributed by atoms with E-state index in [1.807, 2.05) is 24.3 Å². The minimum absolute atomic E-state index is 0.191. The number of amides is 1. The van der Waals surface area contributed by atoms with Crippen molar-refractivity contribution in [3.05, 3.63) is 71.8 Å². The number of rotatable bonds is 6. The molecule has 2 N–H and O–H groups in total. The molecule has 0 bridgehead atoms. The molecule has 0 aliphatic carbocycles. The monoisotopic (exact) mass is 323 g/mol. The van der Waals surface area contributed by atoms with Gasteiger partial charge in [-0.25, -0.2) is 9.37 Å². The Kier molecular flexibility index (Phi) is 5.01. The number of nitrogens with one attached hydrogen (secondary N) is 2. The summed E-state index contributed by atoms with van der Waals surface area (Å²) in [5, 5.41) is 2.81. The number of hydrogen-bond donors (Lipinski definition) is 2. The molecule has 122 valence electrons. The van der Waals surface area contributed by atoms with E-state index in [2.05, 4.69) is 15.3 Å². The van der Waals surface area contributed by atoms with Crippen LogP contribution in [0, 0.1) is 5.82 Å². The Morgan fingerprint density at radius 3 is 2.92 bits per heavy atom. The molecule has 24 heavy (non-hydrogen) atoms. The van der Waals surface area contributed by atoms with E-state index in [-0.39, 0.29) is 11.7 Å². The van der Waals surface area contributed by atoms with Gasteiger partial charge in [0.2, 0.25) is 5.91 Å². The van der Waals surface area contributed by atoms with Crippen LogP contribution in [-0.4, -0.2) is 22.4 Å². The molecule has 0 aliphatic heterocycles. The van der Waals surface area contributed by atoms with E-state index in [9.17, 15) is 9.18 Å². The van der Waals surface area contributed by atoms with Crippen LogP contribution in [0.1, 0.15) is 17.8 Å². The van der Waals surface area contributed by atoms with E-state index < -0.39 is 0 Å². The highest BCUT2D eigenvalue weighted by Gasteiger charge is 2.02. The summed E-state index contributed by atoms with van der Waals surface area (Å²) in [7, 11) is 0. The first kappa shape index (κ1) is 15.9. The van der Waals surface area contributed by atoms with Crippen LogP contribution in [0.5, 0.6) is 0 Å². The van der Waals surface area contributed by atoms with E-state index >= 15 is 0 Å². The fraction of sp³-hybridized carbons (Fsp3) is 0.158. The molecule has 0 saturated carbocycles. The molecule has 5 heteroatoms. The van der Waals surface area contributed by atoms with E-state index in [0.717, 1.165) is 29.7 Å². The Morgan fingerprint density at radius 2 is 2.08 bits per heavy atom. The average Bonchev–Trinajstić information content (AvgIpc) is 3.00. The van der Waals surface area contributed by atoms with Gasteiger partial charge in [0.05, 0.1) is 11.0 Å². The lowest BCUT2D eigenvalue weighted by molar-refractivity contribution is -0.116. The van der Waals surface area contributed by atoms with Crippen molar-refractivity contribution in [2.75, 3.05) is 6.54 Å². The van der Waals surface area contributed by atoms with Crippen LogP contribution in [0.3, 0.4) is 0 Å². The van der Waals surface area contributed by atoms with E-state index in [0.29, 0.717) is 12.1 Å². The number of hydrogen-bond acceptors (Lipinski definition) is 2. The van der Waals surface area contributed by atoms with Gasteiger partial charge in [0.15, 0.2) is 0 Å². The van der Waals surface area contributed by atoms with E-state index in [1.54, 1.807) is 18.2 Å². The van der Waals surface area contributed by atoms with Crippen molar-refractivity contribution in [1.82, 2.24) is 15.3 Å². The van der Waals surface area contributed by atoms with Gasteiger partial charge in [0, 0.05) is 19.0 Å². The Hall–Kier alpha value is -2.95. The number of H-pyrrole nitrogens is 1. The molecule has 1 aromatic heterocycles. The number of aryl methyl sites for hydroxylation is 1. The second kappa shape index (κ2) is 7.55. The fourth-order valence-electron chi connectivity index (χ4n) is 2.43. The first-order chi connectivity index (χ1) is 11.7. The molecule has 2 aromatic carbocycles. The van der Waals surface area contributed by atoms with E-state index in [4.69, 9.17) is 0 Å². The van der Waals surface area contributed by atoms with Crippen molar-refractivity contribution >= 4 is 23.0 Å². The number of aromatic amines is 1. The summed E-state index contributed by atoms with van der Waals surface area (Å²) in [5.41, 5.74) is 2.64. The van der Waals surface area contributed by atoms with Crippen LogP contribution in [0.25, 0.3) is 17.1 Å². The molecular formula is C19H18FN3O. The standard InChI is InChI=1S/C19H18FN3O/c20-15-6-3-5-14(13-15)10-11-19(24)21-12-4-9-18-22-16-7-1-2-8-17(16)23-18/h1-3,5-8,10-11,13H,4,9,12H2,(H,21,24)(H,22,23)/b11-10+. The zero-order chi connectivity index (χ0) is 16.8. The highest BCUT2D eigenvalue weighted by atomic mass is 19.1. The SMILES string of the molecule is O=C(/C=C/c1cccc(F)c1)NCCCc1nc2ccccc2[nH]1. The molecule has 0 atom stereocenters. The Labute approximate surface area is 139 Å². The number of carbonyl (C=O) groups excluding carboxylic acids is 1. The van der Waals surface area contributed by atoms with Crippen molar-refractivity contribution < 1.29 is 9.18 Å². The Bertz CT molecular complexity index is 837. The normalized spacial score (nSPS) is 11.2. The van der Waals surface area contributed by atoms with Crippen LogP contribution >= 0.6 is 0 Å². The van der Waals surface area contributed by atoms with Gasteiger partial charge in [-0.2, -0.15) is 0 Å². The molecule has 0 radical (unpaired) electrons. The fourth-order valence-corrected chi connectivity index (χ4v) is 2.43. The molecule has 1 amide bonds. The first-order valence-electron chi connectivity index (χ1n) is 7.86. The van der Waals surface area contributed by atoms with Crippen LogP contribution in [-0.2, 0) is 11.2 Å². The molecule has 3 aromatic rings. The molecular weight excluding hydrogens is 305 g/mol. The number of fused-ring (bicyclic) bond motifs is 1. The number of halogens is 1.